The number of amides is 2. The van der Waals surface area contributed by atoms with E-state index < -0.39 is 12.1 Å². The number of carboxylic acid groups (broad SMARTS) is 1. The Balaban J connectivity index is 2.22. The number of urea groups is 1. The van der Waals surface area contributed by atoms with E-state index >= 15 is 0 Å². The van der Waals surface area contributed by atoms with Crippen molar-refractivity contribution in [3.8, 4) is 12.3 Å². The minimum atomic E-state index is -0.960. The average molecular weight is 240 g/mol. The molecule has 6 heteroatoms. The molecule has 94 valence electrons. The zero-order chi connectivity index (χ0) is 12.8. The molecule has 1 fully saturated rings. The summed E-state index contributed by atoms with van der Waals surface area (Å²) in [5, 5.41) is 13.8. The van der Waals surface area contributed by atoms with Crippen LogP contribution in [0.1, 0.15) is 19.8 Å². The standard InChI is InChI=1S/C11H16N2O4/c1-3-7(2)13-11(16)12-6-8-4-5-9(17-8)10(14)15/h1,7-9H,4-6H2,2H3,(H,14,15)(H2,12,13,16). The fourth-order valence-corrected chi connectivity index (χ4v) is 1.53. The van der Waals surface area contributed by atoms with Crippen molar-refractivity contribution in [1.29, 1.82) is 0 Å². The number of aliphatic carboxylic acids is 1. The highest BCUT2D eigenvalue weighted by molar-refractivity contribution is 5.74. The van der Waals surface area contributed by atoms with Crippen LogP contribution < -0.4 is 10.6 Å². The minimum Gasteiger partial charge on any atom is -0.479 e. The largest absolute Gasteiger partial charge is 0.479 e. The van der Waals surface area contributed by atoms with Gasteiger partial charge in [0.2, 0.25) is 0 Å². The fraction of sp³-hybridized carbons (Fsp3) is 0.636. The monoisotopic (exact) mass is 240 g/mol. The number of carbonyl (C=O) groups is 2. The van der Waals surface area contributed by atoms with Gasteiger partial charge >= 0.3 is 12.0 Å². The SMILES string of the molecule is C#CC(C)NC(=O)NCC1CCC(C(=O)O)O1. The molecule has 2 amide bonds. The quantitative estimate of drug-likeness (QED) is 0.601. The lowest BCUT2D eigenvalue weighted by Gasteiger charge is -2.13. The summed E-state index contributed by atoms with van der Waals surface area (Å²) in [6.07, 6.45) is 5.21. The molecule has 0 radical (unpaired) electrons. The molecular formula is C11H16N2O4. The molecule has 3 N–H and O–H groups in total. The molecule has 0 aliphatic carbocycles. The Morgan fingerprint density at radius 1 is 1.59 bits per heavy atom. The fourth-order valence-electron chi connectivity index (χ4n) is 1.53. The first-order valence-electron chi connectivity index (χ1n) is 5.41. The van der Waals surface area contributed by atoms with Crippen molar-refractivity contribution in [2.24, 2.45) is 0 Å². The molecular weight excluding hydrogens is 224 g/mol. The van der Waals surface area contributed by atoms with Crippen molar-refractivity contribution in [3.63, 3.8) is 0 Å². The van der Waals surface area contributed by atoms with Gasteiger partial charge in [-0.25, -0.2) is 9.59 Å². The molecule has 0 bridgehead atoms. The van der Waals surface area contributed by atoms with Crippen LogP contribution in [0.2, 0.25) is 0 Å². The lowest BCUT2D eigenvalue weighted by Crippen LogP contribution is -2.43. The van der Waals surface area contributed by atoms with Crippen LogP contribution in [0.15, 0.2) is 0 Å². The molecule has 0 saturated carbocycles. The van der Waals surface area contributed by atoms with Gasteiger partial charge in [0, 0.05) is 6.54 Å². The minimum absolute atomic E-state index is 0.247. The second kappa shape index (κ2) is 6.11. The number of ether oxygens (including phenoxy) is 1. The van der Waals surface area contributed by atoms with Crippen molar-refractivity contribution >= 4 is 12.0 Å². The highest BCUT2D eigenvalue weighted by Gasteiger charge is 2.30. The summed E-state index contributed by atoms with van der Waals surface area (Å²) < 4.78 is 5.22. The maximum absolute atomic E-state index is 11.3. The van der Waals surface area contributed by atoms with Gasteiger partial charge in [-0.05, 0) is 19.8 Å². The summed E-state index contributed by atoms with van der Waals surface area (Å²) in [7, 11) is 0. The van der Waals surface area contributed by atoms with Crippen LogP contribution in [0.25, 0.3) is 0 Å². The molecule has 1 rings (SSSR count). The normalized spacial score (nSPS) is 24.7. The topological polar surface area (TPSA) is 87.7 Å². The van der Waals surface area contributed by atoms with E-state index in [1.807, 2.05) is 0 Å². The highest BCUT2D eigenvalue weighted by Crippen LogP contribution is 2.18. The van der Waals surface area contributed by atoms with Gasteiger partial charge in [0.05, 0.1) is 12.1 Å². The zero-order valence-corrected chi connectivity index (χ0v) is 9.60. The maximum Gasteiger partial charge on any atom is 0.332 e. The zero-order valence-electron chi connectivity index (χ0n) is 9.60. The lowest BCUT2D eigenvalue weighted by molar-refractivity contribution is -0.149. The number of nitrogens with one attached hydrogen (secondary N) is 2. The predicted octanol–water partition coefficient (Wildman–Crippen LogP) is -0.0605. The Hall–Kier alpha value is -1.74. The second-order valence-corrected chi connectivity index (χ2v) is 3.91. The Kier molecular flexibility index (Phi) is 4.79. The summed E-state index contributed by atoms with van der Waals surface area (Å²) in [6.45, 7) is 1.97. The molecule has 6 nitrogen and oxygen atoms in total. The van der Waals surface area contributed by atoms with Crippen LogP contribution in [0.5, 0.6) is 0 Å². The van der Waals surface area contributed by atoms with Crippen molar-refractivity contribution < 1.29 is 19.4 Å². The van der Waals surface area contributed by atoms with E-state index in [0.717, 1.165) is 0 Å². The number of carboxylic acids is 1. The summed E-state index contributed by atoms with van der Waals surface area (Å²) in [5.74, 6) is 1.40. The Morgan fingerprint density at radius 2 is 2.29 bits per heavy atom. The highest BCUT2D eigenvalue weighted by atomic mass is 16.5. The first-order chi connectivity index (χ1) is 8.02. The number of hydrogen-bond donors (Lipinski definition) is 3. The van der Waals surface area contributed by atoms with Crippen molar-refractivity contribution in [3.05, 3.63) is 0 Å². The molecule has 1 aliphatic rings. The molecule has 1 saturated heterocycles. The molecule has 0 aromatic rings. The number of hydrogen-bond acceptors (Lipinski definition) is 3. The van der Waals surface area contributed by atoms with Gasteiger partial charge in [-0.2, -0.15) is 0 Å². The van der Waals surface area contributed by atoms with Gasteiger partial charge in [0.1, 0.15) is 0 Å². The molecule has 1 aliphatic heterocycles. The van der Waals surface area contributed by atoms with Gasteiger partial charge < -0.3 is 20.5 Å². The summed E-state index contributed by atoms with van der Waals surface area (Å²) >= 11 is 0. The van der Waals surface area contributed by atoms with Crippen LogP contribution >= 0.6 is 0 Å². The number of carbonyl (C=O) groups excluding carboxylic acids is 1. The van der Waals surface area contributed by atoms with E-state index in [2.05, 4.69) is 16.6 Å². The molecule has 0 spiro atoms. The lowest BCUT2D eigenvalue weighted by atomic mass is 10.2. The molecule has 3 unspecified atom stereocenters. The van der Waals surface area contributed by atoms with E-state index in [1.165, 1.54) is 0 Å². The third kappa shape index (κ3) is 4.33. The van der Waals surface area contributed by atoms with Crippen LogP contribution in [0.4, 0.5) is 4.79 Å². The van der Waals surface area contributed by atoms with Crippen LogP contribution in [0, 0.1) is 12.3 Å². The van der Waals surface area contributed by atoms with Gasteiger partial charge in [-0.15, -0.1) is 6.42 Å². The molecule has 0 aromatic carbocycles. The second-order valence-electron chi connectivity index (χ2n) is 3.91. The molecule has 1 heterocycles. The number of terminal acetylenes is 1. The summed E-state index contributed by atoms with van der Waals surface area (Å²) in [4.78, 5) is 21.9. The summed E-state index contributed by atoms with van der Waals surface area (Å²) in [5.41, 5.74) is 0. The van der Waals surface area contributed by atoms with Crippen LogP contribution in [-0.2, 0) is 9.53 Å². The Labute approximate surface area is 99.7 Å². The van der Waals surface area contributed by atoms with E-state index in [-0.39, 0.29) is 24.7 Å². The molecule has 17 heavy (non-hydrogen) atoms. The van der Waals surface area contributed by atoms with E-state index in [4.69, 9.17) is 16.3 Å². The van der Waals surface area contributed by atoms with Gasteiger partial charge in [-0.1, -0.05) is 5.92 Å². The smallest absolute Gasteiger partial charge is 0.332 e. The van der Waals surface area contributed by atoms with Crippen molar-refractivity contribution in [1.82, 2.24) is 10.6 Å². The first-order valence-corrected chi connectivity index (χ1v) is 5.41. The van der Waals surface area contributed by atoms with Crippen molar-refractivity contribution in [2.75, 3.05) is 6.54 Å². The van der Waals surface area contributed by atoms with Crippen molar-refractivity contribution in [2.45, 2.75) is 38.0 Å². The van der Waals surface area contributed by atoms with Gasteiger partial charge in [0.25, 0.3) is 0 Å². The summed E-state index contributed by atoms with van der Waals surface area (Å²) in [6, 6.07) is -0.718. The number of rotatable bonds is 4. The van der Waals surface area contributed by atoms with Gasteiger partial charge in [-0.3, -0.25) is 0 Å². The maximum atomic E-state index is 11.3. The van der Waals surface area contributed by atoms with E-state index in [0.29, 0.717) is 12.8 Å². The molecule has 3 atom stereocenters. The predicted molar refractivity (Wildman–Crippen MR) is 60.4 cm³/mol. The molecule has 0 aromatic heterocycles. The first kappa shape index (κ1) is 13.3. The Morgan fingerprint density at radius 3 is 2.82 bits per heavy atom. The van der Waals surface area contributed by atoms with Gasteiger partial charge in [0.15, 0.2) is 6.10 Å². The third-order valence-corrected chi connectivity index (χ3v) is 2.47. The van der Waals surface area contributed by atoms with Crippen LogP contribution in [-0.4, -0.2) is 41.9 Å². The van der Waals surface area contributed by atoms with E-state index in [1.54, 1.807) is 6.92 Å². The Bertz CT molecular complexity index is 337. The third-order valence-electron chi connectivity index (χ3n) is 2.47. The van der Waals surface area contributed by atoms with E-state index in [9.17, 15) is 9.59 Å². The average Bonchev–Trinajstić information content (AvgIpc) is 2.75. The van der Waals surface area contributed by atoms with Crippen LogP contribution in [0.3, 0.4) is 0 Å².